The number of ether oxygens (including phenoxy) is 2. The van der Waals surface area contributed by atoms with Crippen molar-refractivity contribution in [2.24, 2.45) is 5.73 Å². The Bertz CT molecular complexity index is 1420. The third-order valence-corrected chi connectivity index (χ3v) is 9.98. The molecule has 288 valence electrons. The maximum Gasteiger partial charge on any atom is 0.245 e. The number of sulfonamides is 1. The number of carbonyl (C=O) groups excluding carboxylic acids is 3. The molecule has 0 bridgehead atoms. The van der Waals surface area contributed by atoms with E-state index in [1.54, 1.807) is 12.1 Å². The third kappa shape index (κ3) is 18.2. The van der Waals surface area contributed by atoms with Crippen molar-refractivity contribution in [2.75, 3.05) is 71.6 Å². The zero-order valence-electron chi connectivity index (χ0n) is 31.0. The Morgan fingerprint density at radius 2 is 1.37 bits per heavy atom. The third-order valence-electron chi connectivity index (χ3n) is 8.46. The van der Waals surface area contributed by atoms with Gasteiger partial charge in [-0.15, -0.1) is 0 Å². The van der Waals surface area contributed by atoms with Gasteiger partial charge in [-0.25, -0.2) is 13.1 Å². The summed E-state index contributed by atoms with van der Waals surface area (Å²) in [6.07, 6.45) is 10.6. The first-order valence-electron chi connectivity index (χ1n) is 18.5. The minimum absolute atomic E-state index is 0.0161. The summed E-state index contributed by atoms with van der Waals surface area (Å²) in [5.74, 6) is -0.541. The predicted octanol–water partition coefficient (Wildman–Crippen LogP) is 3.59. The number of rotatable bonds is 30. The van der Waals surface area contributed by atoms with Gasteiger partial charge < -0.3 is 36.1 Å². The SMILES string of the molecule is CCN[C@@H](CCCCNC(=O)COCCOCCNC(=O)CCCCCCCCCCNS(=O)(=O)c1cccc2c(N(C)C)cccc12)C(N)=O. The summed E-state index contributed by atoms with van der Waals surface area (Å²) in [5, 5.41) is 10.3. The molecule has 2 aromatic rings. The van der Waals surface area contributed by atoms with Gasteiger partial charge in [-0.05, 0) is 50.8 Å². The molecule has 51 heavy (non-hydrogen) atoms. The van der Waals surface area contributed by atoms with Crippen LogP contribution < -0.4 is 31.3 Å². The molecule has 0 saturated carbocycles. The van der Waals surface area contributed by atoms with Crippen LogP contribution in [0.1, 0.15) is 84.0 Å². The number of benzene rings is 2. The number of nitrogens with one attached hydrogen (secondary N) is 4. The molecular formula is C37H62N6O7S. The van der Waals surface area contributed by atoms with E-state index in [0.717, 1.165) is 80.7 Å². The van der Waals surface area contributed by atoms with E-state index in [2.05, 4.69) is 20.7 Å². The fourth-order valence-electron chi connectivity index (χ4n) is 5.72. The Hall–Kier alpha value is -3.30. The van der Waals surface area contributed by atoms with Crippen LogP contribution >= 0.6 is 0 Å². The molecule has 0 saturated heterocycles. The minimum atomic E-state index is -3.60. The molecule has 14 heteroatoms. The monoisotopic (exact) mass is 734 g/mol. The number of hydrogen-bond acceptors (Lipinski definition) is 9. The highest BCUT2D eigenvalue weighted by Crippen LogP contribution is 2.30. The summed E-state index contributed by atoms with van der Waals surface area (Å²) in [6.45, 7) is 4.91. The van der Waals surface area contributed by atoms with Gasteiger partial charge in [0.15, 0.2) is 0 Å². The Labute approximate surface area is 305 Å². The number of likely N-dealkylation sites (N-methyl/N-ethyl adjacent to an activating group) is 1. The molecule has 0 aliphatic carbocycles. The zero-order chi connectivity index (χ0) is 37.3. The summed E-state index contributed by atoms with van der Waals surface area (Å²) >= 11 is 0. The maximum atomic E-state index is 13.0. The summed E-state index contributed by atoms with van der Waals surface area (Å²) in [5.41, 5.74) is 6.34. The van der Waals surface area contributed by atoms with E-state index in [9.17, 15) is 22.8 Å². The Morgan fingerprint density at radius 1 is 0.745 bits per heavy atom. The Kier molecular flexibility index (Phi) is 22.0. The van der Waals surface area contributed by atoms with Crippen LogP contribution in [0.15, 0.2) is 41.3 Å². The second-order valence-corrected chi connectivity index (χ2v) is 14.6. The normalized spacial score (nSPS) is 12.1. The fraction of sp³-hybridized carbons (Fsp3) is 0.649. The molecule has 0 unspecified atom stereocenters. The highest BCUT2D eigenvalue weighted by molar-refractivity contribution is 7.89. The molecule has 0 aliphatic heterocycles. The molecule has 2 rings (SSSR count). The molecule has 0 radical (unpaired) electrons. The van der Waals surface area contributed by atoms with Crippen molar-refractivity contribution in [1.29, 1.82) is 0 Å². The van der Waals surface area contributed by atoms with Gasteiger partial charge in [-0.2, -0.15) is 0 Å². The van der Waals surface area contributed by atoms with Gasteiger partial charge in [0, 0.05) is 56.6 Å². The van der Waals surface area contributed by atoms with Crippen molar-refractivity contribution in [2.45, 2.75) is 94.9 Å². The second-order valence-electron chi connectivity index (χ2n) is 12.9. The van der Waals surface area contributed by atoms with Gasteiger partial charge >= 0.3 is 0 Å². The molecule has 13 nitrogen and oxygen atoms in total. The van der Waals surface area contributed by atoms with Gasteiger partial charge in [0.05, 0.1) is 30.8 Å². The highest BCUT2D eigenvalue weighted by Gasteiger charge is 2.18. The molecule has 0 spiro atoms. The molecule has 3 amide bonds. The fourth-order valence-corrected chi connectivity index (χ4v) is 7.02. The van der Waals surface area contributed by atoms with Crippen LogP contribution in [0.2, 0.25) is 0 Å². The quantitative estimate of drug-likeness (QED) is 0.0750. The lowest BCUT2D eigenvalue weighted by atomic mass is 10.1. The van der Waals surface area contributed by atoms with Crippen molar-refractivity contribution in [1.82, 2.24) is 20.7 Å². The van der Waals surface area contributed by atoms with Crippen molar-refractivity contribution in [3.05, 3.63) is 36.4 Å². The van der Waals surface area contributed by atoms with Gasteiger partial charge in [0.1, 0.15) is 6.61 Å². The second kappa shape index (κ2) is 25.6. The molecule has 2 aromatic carbocycles. The van der Waals surface area contributed by atoms with Crippen molar-refractivity contribution in [3.8, 4) is 0 Å². The van der Waals surface area contributed by atoms with E-state index in [1.165, 1.54) is 0 Å². The summed E-state index contributed by atoms with van der Waals surface area (Å²) < 4.78 is 39.6. The van der Waals surface area contributed by atoms with E-state index in [4.69, 9.17) is 15.2 Å². The number of nitrogens with two attached hydrogens (primary N) is 1. The first-order chi connectivity index (χ1) is 24.6. The van der Waals surface area contributed by atoms with E-state index in [1.807, 2.05) is 50.2 Å². The summed E-state index contributed by atoms with van der Waals surface area (Å²) in [6, 6.07) is 10.8. The van der Waals surface area contributed by atoms with E-state index in [0.29, 0.717) is 57.1 Å². The lowest BCUT2D eigenvalue weighted by Crippen LogP contribution is -2.41. The average molecular weight is 735 g/mol. The summed E-state index contributed by atoms with van der Waals surface area (Å²) in [4.78, 5) is 37.5. The van der Waals surface area contributed by atoms with E-state index >= 15 is 0 Å². The number of primary amides is 1. The Morgan fingerprint density at radius 3 is 2.08 bits per heavy atom. The average Bonchev–Trinajstić information content (AvgIpc) is 3.10. The highest BCUT2D eigenvalue weighted by atomic mass is 32.2. The van der Waals surface area contributed by atoms with Crippen LogP contribution in [0.3, 0.4) is 0 Å². The van der Waals surface area contributed by atoms with E-state index in [-0.39, 0.29) is 37.0 Å². The van der Waals surface area contributed by atoms with Gasteiger partial charge in [0.2, 0.25) is 27.7 Å². The van der Waals surface area contributed by atoms with Crippen LogP contribution in [0.25, 0.3) is 10.8 Å². The van der Waals surface area contributed by atoms with Crippen molar-refractivity contribution in [3.63, 3.8) is 0 Å². The number of anilines is 1. The van der Waals surface area contributed by atoms with Gasteiger partial charge in [0.25, 0.3) is 0 Å². The number of hydrogen-bond donors (Lipinski definition) is 5. The molecule has 1 atom stereocenters. The number of nitrogens with zero attached hydrogens (tertiary/aromatic N) is 1. The number of amides is 3. The number of carbonyl (C=O) groups is 3. The molecular weight excluding hydrogens is 673 g/mol. The number of unbranched alkanes of at least 4 members (excludes halogenated alkanes) is 8. The van der Waals surface area contributed by atoms with Crippen LogP contribution in [-0.4, -0.2) is 98.9 Å². The van der Waals surface area contributed by atoms with Gasteiger partial charge in [-0.3, -0.25) is 14.4 Å². The molecule has 6 N–H and O–H groups in total. The Balaban J connectivity index is 1.38. The standard InChI is InChI=1S/C37H62N6O7S/c1-4-39-32(37(38)46)19-12-14-23-40-36(45)29-50-28-27-49-26-25-41-35(44)22-11-9-7-5-6-8-10-13-24-42-51(47,48)34-21-16-17-30-31(34)18-15-20-33(30)43(2)3/h15-18,20-21,32,39,42H,4-14,19,22-29H2,1-3H3,(H2,38,46)(H,40,45)(H,41,44)/t32-/m0/s1. The van der Waals surface area contributed by atoms with Crippen LogP contribution in [0.5, 0.6) is 0 Å². The lowest BCUT2D eigenvalue weighted by Gasteiger charge is -2.17. The number of fused-ring (bicyclic) bond motifs is 1. The van der Waals surface area contributed by atoms with E-state index < -0.39 is 10.0 Å². The maximum absolute atomic E-state index is 13.0. The molecule has 0 heterocycles. The smallest absolute Gasteiger partial charge is 0.245 e. The predicted molar refractivity (Wildman–Crippen MR) is 203 cm³/mol. The molecule has 0 aromatic heterocycles. The zero-order valence-corrected chi connectivity index (χ0v) is 31.8. The van der Waals surface area contributed by atoms with Gasteiger partial charge in [-0.1, -0.05) is 69.7 Å². The van der Waals surface area contributed by atoms with Crippen molar-refractivity contribution < 1.29 is 32.3 Å². The topological polar surface area (TPSA) is 181 Å². The first kappa shape index (κ1) is 43.9. The minimum Gasteiger partial charge on any atom is -0.377 e. The molecule has 0 aliphatic rings. The largest absolute Gasteiger partial charge is 0.377 e. The molecule has 0 fully saturated rings. The van der Waals surface area contributed by atoms with Crippen LogP contribution in [0.4, 0.5) is 5.69 Å². The lowest BCUT2D eigenvalue weighted by molar-refractivity contribution is -0.126. The van der Waals surface area contributed by atoms with Crippen LogP contribution in [0, 0.1) is 0 Å². The van der Waals surface area contributed by atoms with Crippen molar-refractivity contribution >= 4 is 44.2 Å². The summed E-state index contributed by atoms with van der Waals surface area (Å²) in [7, 11) is 0.294. The first-order valence-corrected chi connectivity index (χ1v) is 20.0. The van der Waals surface area contributed by atoms with Crippen LogP contribution in [-0.2, 0) is 33.9 Å².